The lowest BCUT2D eigenvalue weighted by Gasteiger charge is -2.29. The van der Waals surface area contributed by atoms with Crippen LogP contribution in [0.4, 0.5) is 5.69 Å². The molecule has 0 radical (unpaired) electrons. The van der Waals surface area contributed by atoms with Crippen LogP contribution in [0.2, 0.25) is 0 Å². The minimum atomic E-state index is -0.101. The first-order valence-corrected chi connectivity index (χ1v) is 11.5. The molecule has 29 heavy (non-hydrogen) atoms. The number of aryl methyl sites for hydroxylation is 1. The third kappa shape index (κ3) is 4.29. The lowest BCUT2D eigenvalue weighted by molar-refractivity contribution is 0.0952. The molecule has 1 saturated carbocycles. The number of nitrogens with zero attached hydrogens (tertiary/aromatic N) is 3. The van der Waals surface area contributed by atoms with E-state index in [1.807, 2.05) is 35.3 Å². The number of fused-ring (bicyclic) bond motifs is 1. The van der Waals surface area contributed by atoms with E-state index in [0.717, 1.165) is 28.1 Å². The van der Waals surface area contributed by atoms with Crippen molar-refractivity contribution in [2.45, 2.75) is 65.1 Å². The van der Waals surface area contributed by atoms with Crippen LogP contribution < -0.4 is 10.6 Å². The summed E-state index contributed by atoms with van der Waals surface area (Å²) in [5.41, 5.74) is 2.27. The van der Waals surface area contributed by atoms with Crippen LogP contribution in [0.25, 0.3) is 11.0 Å². The Morgan fingerprint density at radius 3 is 2.86 bits per heavy atom. The standard InChI is InChI=1S/C22H29N5OS/c1-3-27-21-18(14-25-27)20(26-15(2)16-8-5-4-6-9-16)19(13-23-21)22(28)24-12-17-10-7-11-29-17/h7,10-11,13-16H,3-6,8-9,12H2,1-2H3,(H,23,26)(H,24,28). The summed E-state index contributed by atoms with van der Waals surface area (Å²) in [6.45, 7) is 5.56. The molecule has 4 rings (SSSR count). The van der Waals surface area contributed by atoms with E-state index in [2.05, 4.69) is 27.6 Å². The van der Waals surface area contributed by atoms with E-state index in [4.69, 9.17) is 0 Å². The van der Waals surface area contributed by atoms with Crippen molar-refractivity contribution in [2.24, 2.45) is 5.92 Å². The van der Waals surface area contributed by atoms with Crippen molar-refractivity contribution in [1.29, 1.82) is 0 Å². The molecule has 0 aromatic carbocycles. The molecule has 1 aliphatic rings. The first-order valence-electron chi connectivity index (χ1n) is 10.6. The van der Waals surface area contributed by atoms with Gasteiger partial charge in [0.05, 0.1) is 29.4 Å². The highest BCUT2D eigenvalue weighted by atomic mass is 32.1. The van der Waals surface area contributed by atoms with Gasteiger partial charge in [0.1, 0.15) is 0 Å². The lowest BCUT2D eigenvalue weighted by atomic mass is 9.84. The van der Waals surface area contributed by atoms with Crippen molar-refractivity contribution in [3.05, 3.63) is 40.3 Å². The van der Waals surface area contributed by atoms with E-state index < -0.39 is 0 Å². The van der Waals surface area contributed by atoms with Crippen LogP contribution >= 0.6 is 11.3 Å². The number of nitrogens with one attached hydrogen (secondary N) is 2. The van der Waals surface area contributed by atoms with Gasteiger partial charge in [-0.05, 0) is 44.1 Å². The molecule has 1 atom stereocenters. The number of carbonyl (C=O) groups excluding carboxylic acids is 1. The molecule has 7 heteroatoms. The van der Waals surface area contributed by atoms with Gasteiger partial charge >= 0.3 is 0 Å². The molecule has 0 aliphatic heterocycles. The summed E-state index contributed by atoms with van der Waals surface area (Å²) in [6, 6.07) is 4.33. The Bertz CT molecular complexity index is 959. The molecule has 2 N–H and O–H groups in total. The SMILES string of the molecule is CCn1ncc2c(NC(C)C3CCCCC3)c(C(=O)NCc3cccs3)cnc21. The monoisotopic (exact) mass is 411 g/mol. The van der Waals surface area contributed by atoms with Crippen molar-refractivity contribution in [3.63, 3.8) is 0 Å². The second kappa shape index (κ2) is 8.95. The molecule has 154 valence electrons. The van der Waals surface area contributed by atoms with Crippen LogP contribution in [0.5, 0.6) is 0 Å². The Labute approximate surface area is 175 Å². The van der Waals surface area contributed by atoms with E-state index in [1.54, 1.807) is 17.5 Å². The average Bonchev–Trinajstić information content (AvgIpc) is 3.42. The molecule has 0 spiro atoms. The fourth-order valence-corrected chi connectivity index (χ4v) is 4.89. The minimum absolute atomic E-state index is 0.101. The van der Waals surface area contributed by atoms with E-state index in [0.29, 0.717) is 24.1 Å². The Kier molecular flexibility index (Phi) is 6.13. The zero-order valence-corrected chi connectivity index (χ0v) is 18.0. The van der Waals surface area contributed by atoms with Gasteiger partial charge in [-0.3, -0.25) is 4.79 Å². The molecular formula is C22H29N5OS. The summed E-state index contributed by atoms with van der Waals surface area (Å²) >= 11 is 1.64. The zero-order valence-electron chi connectivity index (χ0n) is 17.1. The highest BCUT2D eigenvalue weighted by Crippen LogP contribution is 2.32. The molecule has 3 aromatic rings. The number of hydrogen-bond acceptors (Lipinski definition) is 5. The summed E-state index contributed by atoms with van der Waals surface area (Å²) < 4.78 is 1.87. The summed E-state index contributed by atoms with van der Waals surface area (Å²) in [4.78, 5) is 18.7. The second-order valence-electron chi connectivity index (χ2n) is 7.84. The Hall–Kier alpha value is -2.41. The van der Waals surface area contributed by atoms with Crippen LogP contribution in [-0.2, 0) is 13.1 Å². The maximum absolute atomic E-state index is 13.0. The first kappa shape index (κ1) is 19.9. The molecule has 6 nitrogen and oxygen atoms in total. The summed E-state index contributed by atoms with van der Waals surface area (Å²) in [5.74, 6) is 0.533. The summed E-state index contributed by atoms with van der Waals surface area (Å²) in [5, 5.41) is 14.1. The number of hydrogen-bond donors (Lipinski definition) is 2. The normalized spacial score (nSPS) is 16.1. The Morgan fingerprint density at radius 2 is 2.14 bits per heavy atom. The lowest BCUT2D eigenvalue weighted by Crippen LogP contribution is -2.30. The maximum Gasteiger partial charge on any atom is 0.255 e. The number of aromatic nitrogens is 3. The predicted octanol–water partition coefficient (Wildman–Crippen LogP) is 4.82. The first-order chi connectivity index (χ1) is 14.2. The van der Waals surface area contributed by atoms with Gasteiger partial charge in [-0.15, -0.1) is 11.3 Å². The van der Waals surface area contributed by atoms with Crippen molar-refractivity contribution < 1.29 is 4.79 Å². The number of thiophene rings is 1. The van der Waals surface area contributed by atoms with E-state index in [1.165, 1.54) is 32.1 Å². The van der Waals surface area contributed by atoms with Gasteiger partial charge in [-0.2, -0.15) is 5.10 Å². The van der Waals surface area contributed by atoms with Crippen molar-refractivity contribution >= 4 is 34.0 Å². The predicted molar refractivity (Wildman–Crippen MR) is 118 cm³/mol. The zero-order chi connectivity index (χ0) is 20.2. The largest absolute Gasteiger partial charge is 0.381 e. The maximum atomic E-state index is 13.0. The summed E-state index contributed by atoms with van der Waals surface area (Å²) in [6.07, 6.45) is 9.94. The van der Waals surface area contributed by atoms with Crippen molar-refractivity contribution in [2.75, 3.05) is 5.32 Å². The number of rotatable bonds is 7. The Morgan fingerprint density at radius 1 is 1.31 bits per heavy atom. The van der Waals surface area contributed by atoms with E-state index in [9.17, 15) is 4.79 Å². The van der Waals surface area contributed by atoms with Gasteiger partial charge in [0.15, 0.2) is 5.65 Å². The number of pyridine rings is 1. The molecule has 0 saturated heterocycles. The van der Waals surface area contributed by atoms with Gasteiger partial charge in [-0.1, -0.05) is 25.3 Å². The molecule has 0 bridgehead atoms. The van der Waals surface area contributed by atoms with Crippen LogP contribution in [-0.4, -0.2) is 26.7 Å². The van der Waals surface area contributed by atoms with Gasteiger partial charge in [0.2, 0.25) is 0 Å². The quantitative estimate of drug-likeness (QED) is 0.584. The third-order valence-electron chi connectivity index (χ3n) is 5.94. The van der Waals surface area contributed by atoms with Gasteiger partial charge in [0.25, 0.3) is 5.91 Å². The fraction of sp³-hybridized carbons (Fsp3) is 0.500. The molecule has 1 unspecified atom stereocenters. The highest BCUT2D eigenvalue weighted by Gasteiger charge is 2.24. The average molecular weight is 412 g/mol. The fourth-order valence-electron chi connectivity index (χ4n) is 4.24. The third-order valence-corrected chi connectivity index (χ3v) is 6.82. The smallest absolute Gasteiger partial charge is 0.255 e. The molecule has 3 heterocycles. The van der Waals surface area contributed by atoms with Crippen LogP contribution in [0, 0.1) is 5.92 Å². The van der Waals surface area contributed by atoms with Crippen LogP contribution in [0.3, 0.4) is 0 Å². The van der Waals surface area contributed by atoms with Gasteiger partial charge in [-0.25, -0.2) is 9.67 Å². The molecule has 1 fully saturated rings. The molecule has 3 aromatic heterocycles. The van der Waals surface area contributed by atoms with Crippen LogP contribution in [0.15, 0.2) is 29.9 Å². The van der Waals surface area contributed by atoms with E-state index in [-0.39, 0.29) is 5.91 Å². The molecule has 1 aliphatic carbocycles. The van der Waals surface area contributed by atoms with Crippen LogP contribution in [0.1, 0.15) is 61.2 Å². The number of amides is 1. The Balaban J connectivity index is 1.63. The number of carbonyl (C=O) groups is 1. The highest BCUT2D eigenvalue weighted by molar-refractivity contribution is 7.09. The van der Waals surface area contributed by atoms with Gasteiger partial charge < -0.3 is 10.6 Å². The topological polar surface area (TPSA) is 71.8 Å². The van der Waals surface area contributed by atoms with Crippen molar-refractivity contribution in [3.8, 4) is 0 Å². The number of anilines is 1. The minimum Gasteiger partial charge on any atom is -0.381 e. The second-order valence-corrected chi connectivity index (χ2v) is 8.87. The van der Waals surface area contributed by atoms with Crippen molar-refractivity contribution in [1.82, 2.24) is 20.1 Å². The van der Waals surface area contributed by atoms with Gasteiger partial charge in [0, 0.05) is 23.7 Å². The molecular weight excluding hydrogens is 382 g/mol. The molecule has 1 amide bonds. The summed E-state index contributed by atoms with van der Waals surface area (Å²) in [7, 11) is 0. The van der Waals surface area contributed by atoms with E-state index >= 15 is 0 Å².